The Labute approximate surface area is 122 Å². The fraction of sp³-hybridized carbons (Fsp3) is 0.500. The average Bonchev–Trinajstić information content (AvgIpc) is 2.80. The zero-order valence-electron chi connectivity index (χ0n) is 11.5. The van der Waals surface area contributed by atoms with Gasteiger partial charge in [-0.15, -0.1) is 11.3 Å². The molecule has 0 aliphatic carbocycles. The van der Waals surface area contributed by atoms with Gasteiger partial charge >= 0.3 is 0 Å². The molecule has 0 spiro atoms. The first-order valence-electron chi connectivity index (χ1n) is 6.38. The van der Waals surface area contributed by atoms with E-state index in [1.165, 1.54) is 4.70 Å². The number of aliphatic hydroxyl groups is 1. The van der Waals surface area contributed by atoms with E-state index in [0.29, 0.717) is 5.25 Å². The van der Waals surface area contributed by atoms with Crippen molar-refractivity contribution in [1.82, 2.24) is 10.3 Å². The molecule has 1 aromatic carbocycles. The van der Waals surface area contributed by atoms with E-state index in [-0.39, 0.29) is 12.1 Å². The van der Waals surface area contributed by atoms with Crippen molar-refractivity contribution in [3.05, 3.63) is 24.3 Å². The summed E-state index contributed by atoms with van der Waals surface area (Å²) in [7, 11) is 1.89. The average molecular weight is 296 g/mol. The number of nitrogens with zero attached hydrogens (tertiary/aromatic N) is 1. The van der Waals surface area contributed by atoms with Crippen LogP contribution in [-0.4, -0.2) is 34.5 Å². The van der Waals surface area contributed by atoms with Crippen molar-refractivity contribution in [3.8, 4) is 0 Å². The predicted molar refractivity (Wildman–Crippen MR) is 84.1 cm³/mol. The Kier molecular flexibility index (Phi) is 4.84. The Balaban J connectivity index is 2.04. The van der Waals surface area contributed by atoms with Gasteiger partial charge in [0.05, 0.1) is 16.8 Å². The van der Waals surface area contributed by atoms with Gasteiger partial charge in [0.2, 0.25) is 0 Å². The monoisotopic (exact) mass is 296 g/mol. The fourth-order valence-electron chi connectivity index (χ4n) is 2.00. The first kappa shape index (κ1) is 14.8. The van der Waals surface area contributed by atoms with E-state index < -0.39 is 0 Å². The van der Waals surface area contributed by atoms with Gasteiger partial charge < -0.3 is 10.4 Å². The summed E-state index contributed by atoms with van der Waals surface area (Å²) in [4.78, 5) is 4.63. The molecule has 0 saturated carbocycles. The number of fused-ring (bicyclic) bond motifs is 1. The summed E-state index contributed by atoms with van der Waals surface area (Å²) in [5.74, 6) is 0. The van der Waals surface area contributed by atoms with Crippen molar-refractivity contribution < 1.29 is 5.11 Å². The second-order valence-electron chi connectivity index (χ2n) is 5.05. The molecule has 0 bridgehead atoms. The summed E-state index contributed by atoms with van der Waals surface area (Å²) in [5.41, 5.74) is 0.851. The minimum Gasteiger partial charge on any atom is -0.394 e. The Hall–Kier alpha value is -0.620. The Bertz CT molecular complexity index is 504. The summed E-state index contributed by atoms with van der Waals surface area (Å²) in [6, 6.07) is 8.21. The topological polar surface area (TPSA) is 45.1 Å². The van der Waals surface area contributed by atoms with Crippen molar-refractivity contribution >= 4 is 33.3 Å². The molecule has 0 radical (unpaired) electrons. The summed E-state index contributed by atoms with van der Waals surface area (Å²) in [5, 5.41) is 13.0. The van der Waals surface area contributed by atoms with Crippen molar-refractivity contribution in [2.75, 3.05) is 13.7 Å². The molecule has 5 heteroatoms. The van der Waals surface area contributed by atoms with Crippen molar-refractivity contribution in [1.29, 1.82) is 0 Å². The highest BCUT2D eigenvalue weighted by atomic mass is 32.2. The summed E-state index contributed by atoms with van der Waals surface area (Å²) in [6.45, 7) is 4.37. The van der Waals surface area contributed by atoms with E-state index in [1.807, 2.05) is 32.2 Å². The van der Waals surface area contributed by atoms with Gasteiger partial charge in [-0.3, -0.25) is 0 Å². The molecule has 0 aliphatic heterocycles. The number of benzene rings is 1. The highest BCUT2D eigenvalue weighted by Gasteiger charge is 2.24. The van der Waals surface area contributed by atoms with E-state index in [0.717, 1.165) is 16.3 Å². The first-order valence-corrected chi connectivity index (χ1v) is 8.08. The third kappa shape index (κ3) is 3.69. The molecule has 19 heavy (non-hydrogen) atoms. The van der Waals surface area contributed by atoms with Gasteiger partial charge in [-0.05, 0) is 32.5 Å². The zero-order valence-corrected chi connectivity index (χ0v) is 13.1. The standard InChI is InChI=1S/C14H20N2OS2/c1-10(8-14(2,9-17)15-3)18-13-16-11-6-4-5-7-12(11)19-13/h4-7,10,15,17H,8-9H2,1-3H3. The largest absolute Gasteiger partial charge is 0.394 e. The smallest absolute Gasteiger partial charge is 0.151 e. The van der Waals surface area contributed by atoms with Gasteiger partial charge in [0.1, 0.15) is 0 Å². The molecule has 0 amide bonds. The van der Waals surface area contributed by atoms with Crippen LogP contribution in [0.3, 0.4) is 0 Å². The molecule has 1 aromatic heterocycles. The van der Waals surface area contributed by atoms with Crippen molar-refractivity contribution in [2.24, 2.45) is 0 Å². The molecule has 0 fully saturated rings. The maximum absolute atomic E-state index is 9.43. The number of likely N-dealkylation sites (N-methyl/N-ethyl adjacent to an activating group) is 1. The normalized spacial score (nSPS) is 16.4. The molecule has 2 atom stereocenters. The molecule has 0 saturated heterocycles. The Morgan fingerprint density at radius 2 is 2.21 bits per heavy atom. The van der Waals surface area contributed by atoms with Crippen LogP contribution in [0.5, 0.6) is 0 Å². The van der Waals surface area contributed by atoms with Crippen LogP contribution >= 0.6 is 23.1 Å². The molecule has 3 nitrogen and oxygen atoms in total. The Morgan fingerprint density at radius 3 is 2.84 bits per heavy atom. The van der Waals surface area contributed by atoms with Crippen LogP contribution in [0, 0.1) is 0 Å². The Morgan fingerprint density at radius 1 is 1.47 bits per heavy atom. The third-order valence-electron chi connectivity index (χ3n) is 3.27. The first-order chi connectivity index (χ1) is 9.06. The number of aliphatic hydroxyl groups excluding tert-OH is 1. The molecule has 104 valence electrons. The number of thiazole rings is 1. The molecule has 2 unspecified atom stereocenters. The van der Waals surface area contributed by atoms with E-state index in [1.54, 1.807) is 23.1 Å². The lowest BCUT2D eigenvalue weighted by molar-refractivity contribution is 0.174. The fourth-order valence-corrected chi connectivity index (χ4v) is 4.59. The number of rotatable bonds is 6. The molecule has 1 heterocycles. The van der Waals surface area contributed by atoms with Gasteiger partial charge in [0, 0.05) is 10.8 Å². The summed E-state index contributed by atoms with van der Waals surface area (Å²) >= 11 is 3.52. The second kappa shape index (κ2) is 6.22. The lowest BCUT2D eigenvalue weighted by atomic mass is 9.98. The summed E-state index contributed by atoms with van der Waals surface area (Å²) < 4.78 is 2.33. The van der Waals surface area contributed by atoms with Gasteiger partial charge in [0.25, 0.3) is 0 Å². The molecule has 2 N–H and O–H groups in total. The van der Waals surface area contributed by atoms with Crippen LogP contribution in [0.25, 0.3) is 10.2 Å². The molecule has 0 aliphatic rings. The van der Waals surface area contributed by atoms with Crippen LogP contribution in [0.15, 0.2) is 28.6 Å². The number of nitrogens with one attached hydrogen (secondary N) is 1. The lowest BCUT2D eigenvalue weighted by Gasteiger charge is -2.29. The minimum atomic E-state index is -0.219. The van der Waals surface area contributed by atoms with Crippen molar-refractivity contribution in [3.63, 3.8) is 0 Å². The quantitative estimate of drug-likeness (QED) is 0.804. The number of hydrogen-bond donors (Lipinski definition) is 2. The second-order valence-corrected chi connectivity index (χ2v) is 7.77. The van der Waals surface area contributed by atoms with Crippen LogP contribution in [-0.2, 0) is 0 Å². The van der Waals surface area contributed by atoms with Crippen LogP contribution in [0.2, 0.25) is 0 Å². The SMILES string of the molecule is CNC(C)(CO)CC(C)Sc1nc2ccccc2s1. The van der Waals surface area contributed by atoms with Gasteiger partial charge in [0.15, 0.2) is 4.34 Å². The zero-order chi connectivity index (χ0) is 13.9. The summed E-state index contributed by atoms with van der Waals surface area (Å²) in [6.07, 6.45) is 0.903. The van der Waals surface area contributed by atoms with Crippen LogP contribution < -0.4 is 5.32 Å². The van der Waals surface area contributed by atoms with Crippen LogP contribution in [0.4, 0.5) is 0 Å². The highest BCUT2D eigenvalue weighted by Crippen LogP contribution is 2.34. The molecule has 2 rings (SSSR count). The third-order valence-corrected chi connectivity index (χ3v) is 5.50. The van der Waals surface area contributed by atoms with Crippen molar-refractivity contribution in [2.45, 2.75) is 35.4 Å². The maximum atomic E-state index is 9.43. The van der Waals surface area contributed by atoms with E-state index in [9.17, 15) is 5.11 Å². The van der Waals surface area contributed by atoms with E-state index in [2.05, 4.69) is 23.3 Å². The number of hydrogen-bond acceptors (Lipinski definition) is 5. The lowest BCUT2D eigenvalue weighted by Crippen LogP contribution is -2.45. The van der Waals surface area contributed by atoms with E-state index >= 15 is 0 Å². The highest BCUT2D eigenvalue weighted by molar-refractivity contribution is 8.01. The van der Waals surface area contributed by atoms with Gasteiger partial charge in [-0.25, -0.2) is 4.98 Å². The molecular weight excluding hydrogens is 276 g/mol. The number of aromatic nitrogens is 1. The minimum absolute atomic E-state index is 0.147. The number of para-hydroxylation sites is 1. The van der Waals surface area contributed by atoms with E-state index in [4.69, 9.17) is 0 Å². The predicted octanol–water partition coefficient (Wildman–Crippen LogP) is 3.14. The molecule has 2 aromatic rings. The van der Waals surface area contributed by atoms with Crippen LogP contribution in [0.1, 0.15) is 20.3 Å². The molecular formula is C14H20N2OS2. The number of thioether (sulfide) groups is 1. The maximum Gasteiger partial charge on any atom is 0.151 e. The van der Waals surface area contributed by atoms with Gasteiger partial charge in [-0.1, -0.05) is 30.8 Å². The van der Waals surface area contributed by atoms with Gasteiger partial charge in [-0.2, -0.15) is 0 Å².